The number of nitrogens with zero attached hydrogens (tertiary/aromatic N) is 6. The highest BCUT2D eigenvalue weighted by molar-refractivity contribution is 8.07. The van der Waals surface area contributed by atoms with Crippen LogP contribution < -0.4 is 17.0 Å². The van der Waals surface area contributed by atoms with E-state index >= 15 is 0 Å². The molecule has 8 rings (SSSR count). The van der Waals surface area contributed by atoms with Gasteiger partial charge in [0.25, 0.3) is 5.56 Å². The van der Waals surface area contributed by atoms with E-state index in [9.17, 15) is 14.6 Å². The maximum Gasteiger partial charge on any atom is 0.325 e. The molecule has 0 amide bonds. The lowest BCUT2D eigenvalue weighted by Crippen LogP contribution is -2.49. The predicted octanol–water partition coefficient (Wildman–Crippen LogP) is 2.79. The average molecular weight is 858 g/mol. The van der Waals surface area contributed by atoms with Crippen LogP contribution in [0.5, 0.6) is 0 Å². The first-order valence-corrected chi connectivity index (χ1v) is 26.0. The highest BCUT2D eigenvalue weighted by Crippen LogP contribution is 2.55. The van der Waals surface area contributed by atoms with Gasteiger partial charge in [-0.1, -0.05) is 20.8 Å². The second-order valence-corrected chi connectivity index (χ2v) is 26.1. The summed E-state index contributed by atoms with van der Waals surface area (Å²) in [5.74, 6) is -0.157. The first-order chi connectivity index (χ1) is 25.8. The molecular formula is C31H45N9O10P2S2Si. The molecular weight excluding hydrogens is 813 g/mol. The lowest BCUT2D eigenvalue weighted by molar-refractivity contribution is -0.0601. The normalized spacial score (nSPS) is 34.9. The van der Waals surface area contributed by atoms with Crippen molar-refractivity contribution in [3.63, 3.8) is 0 Å². The van der Waals surface area contributed by atoms with Crippen LogP contribution in [0.15, 0.2) is 23.6 Å². The van der Waals surface area contributed by atoms with E-state index in [1.165, 1.54) is 10.9 Å². The predicted molar refractivity (Wildman–Crippen MR) is 209 cm³/mol. The van der Waals surface area contributed by atoms with Gasteiger partial charge in [-0.3, -0.25) is 23.4 Å². The molecule has 0 saturated carbocycles. The smallest absolute Gasteiger partial charge is 0.325 e. The number of nitrogen functional groups attached to an aromatic ring is 1. The number of aromatic nitrogens is 7. The Balaban J connectivity index is 1.17. The van der Waals surface area contributed by atoms with Gasteiger partial charge in [0.05, 0.1) is 31.3 Å². The second-order valence-electron chi connectivity index (χ2n) is 15.8. The molecule has 7 heterocycles. The quantitative estimate of drug-likeness (QED) is 0.146. The third-order valence-corrected chi connectivity index (χ3v) is 18.7. The van der Waals surface area contributed by atoms with Crippen LogP contribution in [-0.2, 0) is 68.5 Å². The highest BCUT2D eigenvalue weighted by Gasteiger charge is 2.55. The Morgan fingerprint density at radius 3 is 2.36 bits per heavy atom. The standard InChI is InChI=1S/C31H45N9O10P2S2Si/c1-31(2,3)55(4,5)50-24-22-18(47-29(24)39-10-15-8-6-7-9-16-19(15)25(39)35-13-34-16)12-45-52(43,54)49-23-20(32)17(11-44-51(42,53)48-22)46-28(23)40-14-36-21-26(40)37-30(33)38-27(21)41/h10,13-14,17-18,20,22-24,28-29H,6-9,11-12,32H2,1-5H3,(H,42,53)(H,43,54)(H3,33,37,38,41)/t17-,18-,20-,22-,23-,24-,28-,29-,51?,52?/m1/s1. The molecule has 4 aliphatic rings. The first-order valence-electron chi connectivity index (χ1n) is 17.9. The number of anilines is 1. The molecule has 3 aliphatic heterocycles. The van der Waals surface area contributed by atoms with Crippen molar-refractivity contribution in [1.29, 1.82) is 0 Å². The lowest BCUT2D eigenvalue weighted by atomic mass is 10.1. The number of H-pyrrole nitrogens is 1. The van der Waals surface area contributed by atoms with E-state index in [4.69, 9.17) is 72.1 Å². The van der Waals surface area contributed by atoms with Crippen molar-refractivity contribution in [3.05, 3.63) is 40.5 Å². The highest BCUT2D eigenvalue weighted by atomic mass is 32.5. The summed E-state index contributed by atoms with van der Waals surface area (Å²) in [6.45, 7) is 1.60. The van der Waals surface area contributed by atoms with Gasteiger partial charge in [0.1, 0.15) is 42.5 Å². The van der Waals surface area contributed by atoms with Crippen molar-refractivity contribution in [2.75, 3.05) is 18.9 Å². The fourth-order valence-corrected chi connectivity index (χ4v) is 11.5. The average Bonchev–Trinajstić information content (AvgIpc) is 3.80. The van der Waals surface area contributed by atoms with Crippen LogP contribution in [0.2, 0.25) is 18.1 Å². The molecule has 1 aliphatic carbocycles. The molecule has 300 valence electrons. The Hall–Kier alpha value is -2.11. The SMILES string of the molecule is CC(C)(C)[Si](C)(C)O[C@@H]1[C@@H]2OP(O)(=S)OC[C@H]3O[C@@H](n4cnc5c(=O)[nH]c(N)nc54)[C@H](OP(O)(=S)OC[C@H]2O[C@H]1n1cc2c4c(ncnc41)CCCC2)[C@@H]3N. The van der Waals surface area contributed by atoms with E-state index < -0.39 is 76.3 Å². The number of rotatable bonds is 4. The zero-order valence-electron chi connectivity index (χ0n) is 30.8. The Bertz CT molecular complexity index is 2290. The van der Waals surface area contributed by atoms with Gasteiger partial charge in [-0.05, 0) is 73.0 Å². The van der Waals surface area contributed by atoms with Crippen LogP contribution in [0.25, 0.3) is 22.2 Å². The summed E-state index contributed by atoms with van der Waals surface area (Å²) >= 11 is 11.2. The summed E-state index contributed by atoms with van der Waals surface area (Å²) < 4.78 is 47.9. The number of nitrogens with two attached hydrogens (primary N) is 2. The van der Waals surface area contributed by atoms with Gasteiger partial charge in [0.15, 0.2) is 31.9 Å². The molecule has 55 heavy (non-hydrogen) atoms. The molecule has 4 aromatic rings. The second kappa shape index (κ2) is 14.3. The van der Waals surface area contributed by atoms with E-state index in [0.29, 0.717) is 5.65 Å². The van der Waals surface area contributed by atoms with Crippen LogP contribution in [0, 0.1) is 0 Å². The maximum atomic E-state index is 12.6. The summed E-state index contributed by atoms with van der Waals surface area (Å²) in [5.41, 5.74) is 14.7. The molecule has 3 saturated heterocycles. The molecule has 4 aromatic heterocycles. The molecule has 7 N–H and O–H groups in total. The molecule has 24 heteroatoms. The number of fused-ring (bicyclic) bond motifs is 4. The summed E-state index contributed by atoms with van der Waals surface area (Å²) in [7, 11) is -2.59. The van der Waals surface area contributed by atoms with Crippen LogP contribution in [0.3, 0.4) is 0 Å². The summed E-state index contributed by atoms with van der Waals surface area (Å²) in [5, 5.41) is 0.753. The minimum Gasteiger partial charge on any atom is -0.407 e. The zero-order chi connectivity index (χ0) is 39.2. The van der Waals surface area contributed by atoms with Gasteiger partial charge in [-0.15, -0.1) is 0 Å². The zero-order valence-corrected chi connectivity index (χ0v) is 35.2. The van der Waals surface area contributed by atoms with Crippen LogP contribution in [0.1, 0.15) is 57.3 Å². The number of hydrogen-bond donors (Lipinski definition) is 5. The fraction of sp³-hybridized carbons (Fsp3) is 0.645. The minimum absolute atomic E-state index is 0.0194. The van der Waals surface area contributed by atoms with E-state index in [2.05, 4.69) is 53.8 Å². The van der Waals surface area contributed by atoms with Crippen molar-refractivity contribution >= 4 is 73.5 Å². The van der Waals surface area contributed by atoms with Crippen molar-refractivity contribution in [3.8, 4) is 0 Å². The third kappa shape index (κ3) is 7.42. The largest absolute Gasteiger partial charge is 0.407 e. The number of aromatic amines is 1. The summed E-state index contributed by atoms with van der Waals surface area (Å²) in [6, 6.07) is -1.01. The fourth-order valence-electron chi connectivity index (χ4n) is 7.33. The summed E-state index contributed by atoms with van der Waals surface area (Å²) in [4.78, 5) is 56.0. The molecule has 0 radical (unpaired) electrons. The van der Waals surface area contributed by atoms with E-state index in [1.807, 2.05) is 10.8 Å². The van der Waals surface area contributed by atoms with E-state index in [0.717, 1.165) is 42.3 Å². The first kappa shape index (κ1) is 39.7. The molecule has 0 spiro atoms. The lowest BCUT2D eigenvalue weighted by Gasteiger charge is -2.41. The van der Waals surface area contributed by atoms with Gasteiger partial charge < -0.3 is 48.8 Å². The number of ether oxygens (including phenoxy) is 2. The Morgan fingerprint density at radius 2 is 1.64 bits per heavy atom. The number of aryl methyl sites for hydroxylation is 2. The Kier molecular flexibility index (Phi) is 10.3. The molecule has 0 aromatic carbocycles. The monoisotopic (exact) mass is 857 g/mol. The van der Waals surface area contributed by atoms with Crippen LogP contribution >= 0.6 is 13.4 Å². The van der Waals surface area contributed by atoms with Crippen LogP contribution in [0.4, 0.5) is 5.95 Å². The molecule has 19 nitrogen and oxygen atoms in total. The third-order valence-electron chi connectivity index (χ3n) is 11.1. The topological polar surface area (TPSA) is 251 Å². The van der Waals surface area contributed by atoms with Crippen molar-refractivity contribution in [2.24, 2.45) is 5.73 Å². The van der Waals surface area contributed by atoms with Crippen molar-refractivity contribution in [1.82, 2.24) is 34.1 Å². The van der Waals surface area contributed by atoms with Gasteiger partial charge in [0, 0.05) is 11.6 Å². The van der Waals surface area contributed by atoms with Gasteiger partial charge >= 0.3 is 13.4 Å². The Labute approximate surface area is 327 Å². The summed E-state index contributed by atoms with van der Waals surface area (Å²) in [6.07, 6.45) is 1.52. The van der Waals surface area contributed by atoms with Crippen molar-refractivity contribution in [2.45, 2.75) is 114 Å². The molecule has 2 bridgehead atoms. The molecule has 10 atom stereocenters. The number of nitrogens with one attached hydrogen (secondary N) is 1. The van der Waals surface area contributed by atoms with Gasteiger partial charge in [-0.25, -0.2) is 15.0 Å². The minimum atomic E-state index is -4.15. The maximum absolute atomic E-state index is 12.6. The van der Waals surface area contributed by atoms with E-state index in [-0.39, 0.29) is 35.4 Å². The van der Waals surface area contributed by atoms with Crippen molar-refractivity contribution < 1.29 is 41.8 Å². The number of hydrogen-bond acceptors (Lipinski definition) is 16. The Morgan fingerprint density at radius 1 is 0.964 bits per heavy atom. The molecule has 3 fully saturated rings. The van der Waals surface area contributed by atoms with Gasteiger partial charge in [-0.2, -0.15) is 4.98 Å². The van der Waals surface area contributed by atoms with Crippen LogP contribution in [-0.4, -0.2) is 102 Å². The molecule has 2 unspecified atom stereocenters. The number of imidazole rings is 1. The van der Waals surface area contributed by atoms with E-state index in [1.54, 1.807) is 6.33 Å². The van der Waals surface area contributed by atoms with Gasteiger partial charge in [0.2, 0.25) is 5.95 Å².